The molecule has 1 aromatic carbocycles. The van der Waals surface area contributed by atoms with Crippen molar-refractivity contribution in [3.8, 4) is 0 Å². The number of carbonyl (C=O) groups is 2. The number of nitrogens with zero attached hydrogens (tertiary/aromatic N) is 1. The molecule has 1 amide bonds. The monoisotopic (exact) mass is 275 g/mol. The van der Waals surface area contributed by atoms with E-state index in [9.17, 15) is 14.4 Å². The second-order valence-electron chi connectivity index (χ2n) is 4.83. The molecule has 0 aliphatic carbocycles. The molecule has 20 heavy (non-hydrogen) atoms. The Kier molecular flexibility index (Phi) is 2.81. The van der Waals surface area contributed by atoms with Crippen molar-refractivity contribution in [1.82, 2.24) is 14.9 Å². The molecule has 3 N–H and O–H groups in total. The molecule has 2 heterocycles. The van der Waals surface area contributed by atoms with Crippen LogP contribution in [-0.4, -0.2) is 33.1 Å². The number of carbonyl (C=O) groups excluding carboxylic acids is 1. The number of carboxylic acid groups (broad SMARTS) is 1. The molecule has 104 valence electrons. The number of benzene rings is 1. The van der Waals surface area contributed by atoms with Gasteiger partial charge < -0.3 is 15.4 Å². The Morgan fingerprint density at radius 2 is 2.15 bits per heavy atom. The smallest absolute Gasteiger partial charge is 0.335 e. The number of aromatic carboxylic acids is 1. The van der Waals surface area contributed by atoms with E-state index in [2.05, 4.69) is 10.3 Å². The first-order valence-corrected chi connectivity index (χ1v) is 6.30. The Labute approximate surface area is 113 Å². The first-order chi connectivity index (χ1) is 9.56. The predicted octanol–water partition coefficient (Wildman–Crippen LogP) is 0.479. The number of amides is 1. The summed E-state index contributed by atoms with van der Waals surface area (Å²) in [6, 6.07) is 4.36. The lowest BCUT2D eigenvalue weighted by Crippen LogP contribution is -2.38. The van der Waals surface area contributed by atoms with E-state index in [0.717, 1.165) is 0 Å². The van der Waals surface area contributed by atoms with Crippen molar-refractivity contribution >= 4 is 22.9 Å². The highest BCUT2D eigenvalue weighted by Gasteiger charge is 2.23. The molecule has 1 aromatic heterocycles. The number of hydrogen-bond acceptors (Lipinski definition) is 3. The van der Waals surface area contributed by atoms with Crippen molar-refractivity contribution in [2.75, 3.05) is 6.54 Å². The van der Waals surface area contributed by atoms with Crippen LogP contribution in [0, 0.1) is 0 Å². The third kappa shape index (κ3) is 1.97. The molecule has 1 aliphatic rings. The molecule has 7 heteroatoms. The molecule has 1 unspecified atom stereocenters. The molecule has 0 spiro atoms. The van der Waals surface area contributed by atoms with Crippen LogP contribution in [0.4, 0.5) is 0 Å². The summed E-state index contributed by atoms with van der Waals surface area (Å²) in [7, 11) is 0. The fourth-order valence-corrected chi connectivity index (χ4v) is 2.56. The van der Waals surface area contributed by atoms with Crippen molar-refractivity contribution in [1.29, 1.82) is 0 Å². The Morgan fingerprint density at radius 1 is 1.35 bits per heavy atom. The molecule has 2 aromatic rings. The SMILES string of the molecule is O=C1CCC(n2c(=O)[nH]c3ccc(C(=O)O)cc32)CN1. The molecule has 3 rings (SSSR count). The van der Waals surface area contributed by atoms with Gasteiger partial charge in [-0.05, 0) is 24.6 Å². The summed E-state index contributed by atoms with van der Waals surface area (Å²) in [5.74, 6) is -1.07. The van der Waals surface area contributed by atoms with Gasteiger partial charge in [0.25, 0.3) is 0 Å². The van der Waals surface area contributed by atoms with Gasteiger partial charge in [0, 0.05) is 13.0 Å². The van der Waals surface area contributed by atoms with E-state index in [1.54, 1.807) is 6.07 Å². The summed E-state index contributed by atoms with van der Waals surface area (Å²) in [5, 5.41) is 11.8. The van der Waals surface area contributed by atoms with Gasteiger partial charge in [0.1, 0.15) is 0 Å². The third-order valence-electron chi connectivity index (χ3n) is 3.57. The molecule has 0 bridgehead atoms. The molecular formula is C13H13N3O4. The number of nitrogens with one attached hydrogen (secondary N) is 2. The van der Waals surface area contributed by atoms with Gasteiger partial charge in [-0.25, -0.2) is 9.59 Å². The second kappa shape index (κ2) is 4.52. The fraction of sp³-hybridized carbons (Fsp3) is 0.308. The molecular weight excluding hydrogens is 262 g/mol. The van der Waals surface area contributed by atoms with Crippen LogP contribution in [0.2, 0.25) is 0 Å². The van der Waals surface area contributed by atoms with Crippen molar-refractivity contribution < 1.29 is 14.7 Å². The molecule has 1 aliphatic heterocycles. The zero-order valence-electron chi connectivity index (χ0n) is 10.5. The van der Waals surface area contributed by atoms with Crippen molar-refractivity contribution in [3.63, 3.8) is 0 Å². The largest absolute Gasteiger partial charge is 0.478 e. The first-order valence-electron chi connectivity index (χ1n) is 6.30. The number of piperidine rings is 1. The van der Waals surface area contributed by atoms with Crippen molar-refractivity contribution in [2.24, 2.45) is 0 Å². The minimum Gasteiger partial charge on any atom is -0.478 e. The van der Waals surface area contributed by atoms with Gasteiger partial charge in [0.05, 0.1) is 22.6 Å². The molecule has 7 nitrogen and oxygen atoms in total. The van der Waals surface area contributed by atoms with Crippen LogP contribution in [0.1, 0.15) is 29.2 Å². The number of rotatable bonds is 2. The second-order valence-corrected chi connectivity index (χ2v) is 4.83. The van der Waals surface area contributed by atoms with Crippen LogP contribution < -0.4 is 11.0 Å². The number of imidazole rings is 1. The number of H-pyrrole nitrogens is 1. The summed E-state index contributed by atoms with van der Waals surface area (Å²) in [4.78, 5) is 37.0. The minimum atomic E-state index is -1.04. The Hall–Kier alpha value is -2.57. The maximum Gasteiger partial charge on any atom is 0.335 e. The fourth-order valence-electron chi connectivity index (χ4n) is 2.56. The van der Waals surface area contributed by atoms with Gasteiger partial charge in [-0.3, -0.25) is 9.36 Å². The van der Waals surface area contributed by atoms with Crippen LogP contribution in [0.5, 0.6) is 0 Å². The van der Waals surface area contributed by atoms with Crippen molar-refractivity contribution in [2.45, 2.75) is 18.9 Å². The average molecular weight is 275 g/mol. The topological polar surface area (TPSA) is 104 Å². The summed E-state index contributed by atoms with van der Waals surface area (Å²) in [6.07, 6.45) is 0.929. The van der Waals surface area contributed by atoms with E-state index < -0.39 is 5.97 Å². The molecule has 1 fully saturated rings. The summed E-state index contributed by atoms with van der Waals surface area (Å²) < 4.78 is 1.53. The molecule has 0 saturated carbocycles. The van der Waals surface area contributed by atoms with E-state index >= 15 is 0 Å². The van der Waals surface area contributed by atoms with E-state index in [1.807, 2.05) is 0 Å². The van der Waals surface area contributed by atoms with E-state index in [4.69, 9.17) is 5.11 Å². The zero-order valence-corrected chi connectivity index (χ0v) is 10.5. The molecule has 0 radical (unpaired) electrons. The average Bonchev–Trinajstić information content (AvgIpc) is 2.75. The summed E-state index contributed by atoms with van der Waals surface area (Å²) >= 11 is 0. The van der Waals surface area contributed by atoms with E-state index in [1.165, 1.54) is 16.7 Å². The maximum absolute atomic E-state index is 12.0. The minimum absolute atomic E-state index is 0.0274. The lowest BCUT2D eigenvalue weighted by Gasteiger charge is -2.23. The van der Waals surface area contributed by atoms with Crippen LogP contribution in [-0.2, 0) is 4.79 Å². The number of aromatic nitrogens is 2. The standard InChI is InChI=1S/C13H13N3O4/c17-11-4-2-8(6-14-11)16-10-5-7(12(18)19)1-3-9(10)15-13(16)20/h1,3,5,8H,2,4,6H2,(H,14,17)(H,15,20)(H,18,19). The van der Waals surface area contributed by atoms with Crippen LogP contribution in [0.3, 0.4) is 0 Å². The normalized spacial score (nSPS) is 19.0. The lowest BCUT2D eigenvalue weighted by atomic mass is 10.1. The number of fused-ring (bicyclic) bond motifs is 1. The number of carboxylic acids is 1. The van der Waals surface area contributed by atoms with Gasteiger partial charge >= 0.3 is 11.7 Å². The first kappa shape index (κ1) is 12.5. The van der Waals surface area contributed by atoms with Gasteiger partial charge in [-0.1, -0.05) is 0 Å². The van der Waals surface area contributed by atoms with Crippen LogP contribution >= 0.6 is 0 Å². The highest BCUT2D eigenvalue weighted by Crippen LogP contribution is 2.21. The Balaban J connectivity index is 2.11. The van der Waals surface area contributed by atoms with Gasteiger partial charge in [-0.2, -0.15) is 0 Å². The molecule has 1 saturated heterocycles. The molecule has 1 atom stereocenters. The van der Waals surface area contributed by atoms with E-state index in [0.29, 0.717) is 30.4 Å². The highest BCUT2D eigenvalue weighted by atomic mass is 16.4. The van der Waals surface area contributed by atoms with Gasteiger partial charge in [0.15, 0.2) is 0 Å². The maximum atomic E-state index is 12.0. The Bertz CT molecular complexity index is 749. The lowest BCUT2D eigenvalue weighted by molar-refractivity contribution is -0.122. The zero-order chi connectivity index (χ0) is 14.3. The van der Waals surface area contributed by atoms with E-state index in [-0.39, 0.29) is 23.2 Å². The van der Waals surface area contributed by atoms with Crippen LogP contribution in [0.15, 0.2) is 23.0 Å². The predicted molar refractivity (Wildman–Crippen MR) is 70.8 cm³/mol. The summed E-state index contributed by atoms with van der Waals surface area (Å²) in [5.41, 5.74) is 0.988. The van der Waals surface area contributed by atoms with Gasteiger partial charge in [0.2, 0.25) is 5.91 Å². The highest BCUT2D eigenvalue weighted by molar-refractivity contribution is 5.92. The van der Waals surface area contributed by atoms with Crippen LogP contribution in [0.25, 0.3) is 11.0 Å². The summed E-state index contributed by atoms with van der Waals surface area (Å²) in [6.45, 7) is 0.378. The quantitative estimate of drug-likeness (QED) is 0.741. The Morgan fingerprint density at radius 3 is 2.80 bits per heavy atom. The third-order valence-corrected chi connectivity index (χ3v) is 3.57. The number of aromatic amines is 1. The van der Waals surface area contributed by atoms with Gasteiger partial charge in [-0.15, -0.1) is 0 Å². The number of hydrogen-bond donors (Lipinski definition) is 3. The van der Waals surface area contributed by atoms with Crippen molar-refractivity contribution in [3.05, 3.63) is 34.2 Å².